The van der Waals surface area contributed by atoms with Gasteiger partial charge < -0.3 is 0 Å². The van der Waals surface area contributed by atoms with Crippen LogP contribution < -0.4 is 0 Å². The first-order valence-electron chi connectivity index (χ1n) is 23.6. The Bertz CT molecular complexity index is 4190. The minimum absolute atomic E-state index is 1.14. The van der Waals surface area contributed by atoms with Crippen molar-refractivity contribution in [3.05, 3.63) is 255 Å². The molecule has 0 heteroatoms. The molecule has 313 valence electrons. The van der Waals surface area contributed by atoms with Crippen LogP contribution in [-0.4, -0.2) is 0 Å². The van der Waals surface area contributed by atoms with Crippen molar-refractivity contribution in [2.45, 2.75) is 0 Å². The van der Waals surface area contributed by atoms with Crippen molar-refractivity contribution >= 4 is 64.6 Å². The Kier molecular flexibility index (Phi) is 8.69. The first kappa shape index (κ1) is 38.4. The van der Waals surface area contributed by atoms with Crippen LogP contribution in [0.2, 0.25) is 0 Å². The monoisotopic (exact) mass is 857 g/mol. The van der Waals surface area contributed by atoms with Crippen molar-refractivity contribution < 1.29 is 0 Å². The predicted octanol–water partition coefficient (Wildman–Crippen LogP) is 19.0. The summed E-state index contributed by atoms with van der Waals surface area (Å²) in [6.07, 6.45) is 0. The molecule has 0 aliphatic rings. The van der Waals surface area contributed by atoms with Crippen LogP contribution in [0.15, 0.2) is 249 Å². The smallest absolute Gasteiger partial charge is 0.00143 e. The third-order valence-electron chi connectivity index (χ3n) is 14.5. The van der Waals surface area contributed by atoms with Gasteiger partial charge in [0, 0.05) is 0 Å². The zero-order valence-electron chi connectivity index (χ0n) is 37.2. The molecule has 0 N–H and O–H groups in total. The van der Waals surface area contributed by atoms with E-state index in [-0.39, 0.29) is 0 Å². The van der Waals surface area contributed by atoms with E-state index >= 15 is 0 Å². The van der Waals surface area contributed by atoms with Gasteiger partial charge in [-0.05, 0) is 161 Å². The molecule has 0 aliphatic heterocycles. The maximum Gasteiger partial charge on any atom is -0.00143 e. The first-order valence-corrected chi connectivity index (χ1v) is 23.6. The van der Waals surface area contributed by atoms with E-state index in [1.165, 1.54) is 137 Å². The molecule has 0 bridgehead atoms. The van der Waals surface area contributed by atoms with Crippen LogP contribution in [0.4, 0.5) is 0 Å². The quantitative estimate of drug-likeness (QED) is 0.140. The molecule has 0 aromatic heterocycles. The van der Waals surface area contributed by atoms with Gasteiger partial charge in [-0.15, -0.1) is 0 Å². The Balaban J connectivity index is 1.06. The zero-order chi connectivity index (χ0) is 44.7. The molecule has 1 radical (unpaired) electrons. The molecular weight excluding hydrogens is 817 g/mol. The van der Waals surface area contributed by atoms with Crippen LogP contribution in [-0.2, 0) is 0 Å². The van der Waals surface area contributed by atoms with E-state index in [4.69, 9.17) is 0 Å². The van der Waals surface area contributed by atoms with Crippen LogP contribution in [0.1, 0.15) is 0 Å². The van der Waals surface area contributed by atoms with Gasteiger partial charge in [-0.25, -0.2) is 0 Å². The summed E-state index contributed by atoms with van der Waals surface area (Å²) in [5.41, 5.74) is 16.8. The van der Waals surface area contributed by atoms with Crippen molar-refractivity contribution in [3.8, 4) is 77.9 Å². The summed E-state index contributed by atoms with van der Waals surface area (Å²) >= 11 is 0. The molecule has 0 fully saturated rings. The normalized spacial score (nSPS) is 11.8. The van der Waals surface area contributed by atoms with Crippen LogP contribution >= 0.6 is 0 Å². The second kappa shape index (κ2) is 15.4. The van der Waals surface area contributed by atoms with E-state index < -0.39 is 0 Å². The lowest BCUT2D eigenvalue weighted by atomic mass is 9.80. The van der Waals surface area contributed by atoms with Crippen LogP contribution in [0.25, 0.3) is 143 Å². The molecule has 68 heavy (non-hydrogen) atoms. The summed E-state index contributed by atoms with van der Waals surface area (Å²) in [7, 11) is 0. The highest BCUT2D eigenvalue weighted by atomic mass is 14.3. The van der Waals surface area contributed by atoms with E-state index in [9.17, 15) is 0 Å². The number of hydrogen-bond acceptors (Lipinski definition) is 0. The topological polar surface area (TPSA) is 0 Å². The highest BCUT2D eigenvalue weighted by molar-refractivity contribution is 6.31. The zero-order valence-corrected chi connectivity index (χ0v) is 37.2. The summed E-state index contributed by atoms with van der Waals surface area (Å²) in [5, 5.41) is 15.2. The number of benzene rings is 14. The highest BCUT2D eigenvalue weighted by Gasteiger charge is 2.24. The maximum atomic E-state index is 3.84. The molecule has 0 nitrogen and oxygen atoms in total. The SMILES string of the molecule is [c]1cc2ccc3cccc4ccc(c1-c1cc5cccc6ccc7c(-c8c(-c9ccccc9)cccc8-c8cccc(-c9ccccc9)c8-c8ccc(-c9ccccc9)cc8)ccc1c7c65)c2c34. The van der Waals surface area contributed by atoms with Gasteiger partial charge >= 0.3 is 0 Å². The lowest BCUT2D eigenvalue weighted by molar-refractivity contribution is 1.54. The highest BCUT2D eigenvalue weighted by Crippen LogP contribution is 2.51. The third-order valence-corrected chi connectivity index (χ3v) is 14.5. The average Bonchev–Trinajstić information content (AvgIpc) is 3.42. The van der Waals surface area contributed by atoms with Crippen LogP contribution in [0.5, 0.6) is 0 Å². The molecule has 0 heterocycles. The Morgan fingerprint density at radius 1 is 0.221 bits per heavy atom. The third kappa shape index (κ3) is 5.94. The van der Waals surface area contributed by atoms with Gasteiger partial charge in [0.25, 0.3) is 0 Å². The summed E-state index contributed by atoms with van der Waals surface area (Å²) < 4.78 is 0. The van der Waals surface area contributed by atoms with E-state index in [2.05, 4.69) is 255 Å². The predicted molar refractivity (Wildman–Crippen MR) is 291 cm³/mol. The Hall–Kier alpha value is -8.84. The van der Waals surface area contributed by atoms with Gasteiger partial charge in [0.1, 0.15) is 0 Å². The molecule has 0 amide bonds. The summed E-state index contributed by atoms with van der Waals surface area (Å²) in [4.78, 5) is 0. The lowest BCUT2D eigenvalue weighted by Crippen LogP contribution is -1.96. The van der Waals surface area contributed by atoms with E-state index in [1.54, 1.807) is 0 Å². The fraction of sp³-hybridized carbons (Fsp3) is 0. The lowest BCUT2D eigenvalue weighted by Gasteiger charge is -2.23. The van der Waals surface area contributed by atoms with Crippen LogP contribution in [0, 0.1) is 6.07 Å². The molecule has 14 rings (SSSR count). The van der Waals surface area contributed by atoms with Gasteiger partial charge in [0.2, 0.25) is 0 Å². The van der Waals surface area contributed by atoms with Crippen molar-refractivity contribution in [2.24, 2.45) is 0 Å². The maximum absolute atomic E-state index is 3.84. The minimum atomic E-state index is 1.14. The molecule has 14 aromatic rings. The van der Waals surface area contributed by atoms with E-state index in [0.717, 1.165) is 5.56 Å². The van der Waals surface area contributed by atoms with Crippen molar-refractivity contribution in [3.63, 3.8) is 0 Å². The number of rotatable bonds is 7. The van der Waals surface area contributed by atoms with E-state index in [1.807, 2.05) is 0 Å². The van der Waals surface area contributed by atoms with Gasteiger partial charge in [-0.3, -0.25) is 0 Å². The number of hydrogen-bond donors (Lipinski definition) is 0. The average molecular weight is 858 g/mol. The second-order valence-electron chi connectivity index (χ2n) is 18.2. The van der Waals surface area contributed by atoms with Crippen molar-refractivity contribution in [1.82, 2.24) is 0 Å². The largest absolute Gasteiger partial charge is 0.0622 e. The first-order chi connectivity index (χ1) is 33.7. The minimum Gasteiger partial charge on any atom is -0.0622 e. The standard InChI is InChI=1S/C68H41/c1-4-14-43(15-5-1)44-28-30-50(31-29-44)65-53(45-16-6-2-7-17-45)24-12-26-56(65)57-27-13-25-54(46-18-8-3-9-19-46)67(57)59-40-41-61-62(42-52-23-11-22-49-36-39-60(59)68(61)64(49)52)55-37-34-51-33-32-47-20-10-21-48-35-38-58(55)66(51)63(47)48/h1-36,38-42H. The van der Waals surface area contributed by atoms with Gasteiger partial charge in [-0.1, -0.05) is 237 Å². The summed E-state index contributed by atoms with van der Waals surface area (Å²) in [6.45, 7) is 0. The fourth-order valence-electron chi connectivity index (χ4n) is 11.5. The molecule has 0 spiro atoms. The molecule has 0 saturated heterocycles. The van der Waals surface area contributed by atoms with Crippen LogP contribution in [0.3, 0.4) is 0 Å². The Morgan fingerprint density at radius 2 is 0.676 bits per heavy atom. The van der Waals surface area contributed by atoms with Crippen molar-refractivity contribution in [2.75, 3.05) is 0 Å². The molecule has 0 saturated carbocycles. The fourth-order valence-corrected chi connectivity index (χ4v) is 11.5. The Labute approximate surface area is 395 Å². The van der Waals surface area contributed by atoms with Gasteiger partial charge in [0.05, 0.1) is 0 Å². The summed E-state index contributed by atoms with van der Waals surface area (Å²) in [5.74, 6) is 0. The molecule has 0 atom stereocenters. The molecule has 0 aliphatic carbocycles. The summed E-state index contributed by atoms with van der Waals surface area (Å²) in [6, 6.07) is 95.9. The van der Waals surface area contributed by atoms with Gasteiger partial charge in [-0.2, -0.15) is 0 Å². The molecular formula is C68H41. The van der Waals surface area contributed by atoms with E-state index in [0.29, 0.717) is 0 Å². The second-order valence-corrected chi connectivity index (χ2v) is 18.2. The molecule has 14 aromatic carbocycles. The Morgan fingerprint density at radius 3 is 1.34 bits per heavy atom. The molecule has 0 unspecified atom stereocenters. The van der Waals surface area contributed by atoms with Crippen molar-refractivity contribution in [1.29, 1.82) is 0 Å². The van der Waals surface area contributed by atoms with Gasteiger partial charge in [0.15, 0.2) is 0 Å².